The van der Waals surface area contributed by atoms with Gasteiger partial charge in [0.15, 0.2) is 9.84 Å². The largest absolute Gasteiger partial charge is 0.383 e. The van der Waals surface area contributed by atoms with E-state index >= 15 is 0 Å². The van der Waals surface area contributed by atoms with Crippen LogP contribution in [0.1, 0.15) is 5.56 Å². The minimum Gasteiger partial charge on any atom is -0.383 e. The molecule has 0 radical (unpaired) electrons. The van der Waals surface area contributed by atoms with Crippen LogP contribution in [0.25, 0.3) is 10.2 Å². The van der Waals surface area contributed by atoms with Crippen LogP contribution in [0.4, 0.5) is 0 Å². The van der Waals surface area contributed by atoms with E-state index in [1.54, 1.807) is 29.9 Å². The van der Waals surface area contributed by atoms with Crippen molar-refractivity contribution in [2.24, 2.45) is 4.40 Å². The summed E-state index contributed by atoms with van der Waals surface area (Å²) in [6.07, 6.45) is 1.13. The highest BCUT2D eigenvalue weighted by Gasteiger charge is 2.16. The Bertz CT molecular complexity index is 1290. The van der Waals surface area contributed by atoms with E-state index in [0.29, 0.717) is 23.4 Å². The number of nitrogens with zero attached hydrogens (tertiary/aromatic N) is 2. The van der Waals surface area contributed by atoms with Gasteiger partial charge in [0.1, 0.15) is 0 Å². The van der Waals surface area contributed by atoms with Crippen LogP contribution in [0.2, 0.25) is 0 Å². The van der Waals surface area contributed by atoms with E-state index in [1.807, 2.05) is 6.92 Å². The highest BCUT2D eigenvalue weighted by atomic mass is 32.2. The second kappa shape index (κ2) is 7.78. The van der Waals surface area contributed by atoms with Gasteiger partial charge in [-0.15, -0.1) is 4.40 Å². The molecular formula is C18H20N2O5S3. The van der Waals surface area contributed by atoms with Gasteiger partial charge in [-0.3, -0.25) is 0 Å². The molecule has 7 nitrogen and oxygen atoms in total. The van der Waals surface area contributed by atoms with Crippen molar-refractivity contribution in [3.8, 4) is 0 Å². The van der Waals surface area contributed by atoms with Gasteiger partial charge in [0.05, 0.1) is 26.6 Å². The van der Waals surface area contributed by atoms with Gasteiger partial charge in [-0.1, -0.05) is 29.0 Å². The SMILES string of the molecule is COCCn1c(=NS(=O)(=O)c2ccc(C)cc2)sc2cc(S(C)(=O)=O)ccc21. The van der Waals surface area contributed by atoms with Crippen molar-refractivity contribution < 1.29 is 21.6 Å². The Hall–Kier alpha value is -2.01. The molecule has 0 unspecified atom stereocenters. The summed E-state index contributed by atoms with van der Waals surface area (Å²) in [4.78, 5) is 0.539. The lowest BCUT2D eigenvalue weighted by Gasteiger charge is -2.05. The Kier molecular flexibility index (Phi) is 5.76. The van der Waals surface area contributed by atoms with E-state index in [0.717, 1.165) is 23.2 Å². The summed E-state index contributed by atoms with van der Waals surface area (Å²) in [6, 6.07) is 11.2. The molecule has 0 bridgehead atoms. The third-order valence-electron chi connectivity index (χ3n) is 4.12. The molecule has 0 aliphatic carbocycles. The molecule has 3 aromatic rings. The van der Waals surface area contributed by atoms with Crippen LogP contribution in [0, 0.1) is 6.92 Å². The third kappa shape index (κ3) is 4.35. The van der Waals surface area contributed by atoms with E-state index in [4.69, 9.17) is 4.74 Å². The number of ether oxygens (including phenoxy) is 1. The second-order valence-corrected chi connectivity index (χ2v) is 10.9. The van der Waals surface area contributed by atoms with Gasteiger partial charge in [-0.25, -0.2) is 8.42 Å². The van der Waals surface area contributed by atoms with E-state index in [9.17, 15) is 16.8 Å². The molecule has 28 heavy (non-hydrogen) atoms. The summed E-state index contributed by atoms with van der Waals surface area (Å²) in [5.41, 5.74) is 1.65. The van der Waals surface area contributed by atoms with Gasteiger partial charge in [0.25, 0.3) is 10.0 Å². The summed E-state index contributed by atoms with van der Waals surface area (Å²) in [5.74, 6) is 0. The first-order valence-corrected chi connectivity index (χ1v) is 12.5. The summed E-state index contributed by atoms with van der Waals surface area (Å²) in [7, 11) is -5.73. The molecule has 150 valence electrons. The number of hydrogen-bond acceptors (Lipinski definition) is 6. The first-order chi connectivity index (χ1) is 13.1. The Morgan fingerprint density at radius 2 is 1.68 bits per heavy atom. The molecule has 2 aromatic carbocycles. The molecule has 0 spiro atoms. The molecule has 10 heteroatoms. The zero-order valence-corrected chi connectivity index (χ0v) is 18.1. The monoisotopic (exact) mass is 440 g/mol. The molecule has 0 fully saturated rings. The average Bonchev–Trinajstić information content (AvgIpc) is 2.95. The summed E-state index contributed by atoms with van der Waals surface area (Å²) < 4.78 is 60.7. The van der Waals surface area contributed by atoms with Gasteiger partial charge in [0.2, 0.25) is 4.80 Å². The minimum absolute atomic E-state index is 0.102. The van der Waals surface area contributed by atoms with E-state index in [2.05, 4.69) is 4.40 Å². The highest BCUT2D eigenvalue weighted by Crippen LogP contribution is 2.22. The topological polar surface area (TPSA) is 94.8 Å². The van der Waals surface area contributed by atoms with Gasteiger partial charge in [0, 0.05) is 19.9 Å². The van der Waals surface area contributed by atoms with Crippen LogP contribution in [0.15, 0.2) is 56.7 Å². The van der Waals surface area contributed by atoms with Crippen LogP contribution in [-0.4, -0.2) is 41.4 Å². The van der Waals surface area contributed by atoms with Gasteiger partial charge >= 0.3 is 0 Å². The standard InChI is InChI=1S/C18H20N2O5S3/c1-13-4-6-14(7-5-13)28(23,24)19-18-20(10-11-25-2)16-9-8-15(27(3,21)22)12-17(16)26-18/h4-9,12H,10-11H2,1-3H3. The number of rotatable bonds is 6. The molecule has 0 saturated heterocycles. The predicted molar refractivity (Wildman–Crippen MR) is 109 cm³/mol. The van der Waals surface area contributed by atoms with Crippen LogP contribution in [0.3, 0.4) is 0 Å². The number of methoxy groups -OCH3 is 1. The lowest BCUT2D eigenvalue weighted by Crippen LogP contribution is -2.19. The average molecular weight is 441 g/mol. The van der Waals surface area contributed by atoms with E-state index < -0.39 is 19.9 Å². The molecule has 0 aliphatic heterocycles. The normalized spacial score (nSPS) is 13.3. The molecule has 0 N–H and O–H groups in total. The minimum atomic E-state index is -3.91. The quantitative estimate of drug-likeness (QED) is 0.586. The number of hydrogen-bond donors (Lipinski definition) is 0. The fourth-order valence-corrected chi connectivity index (χ4v) is 5.64. The number of aryl methyl sites for hydroxylation is 1. The van der Waals surface area contributed by atoms with Crippen molar-refractivity contribution in [2.75, 3.05) is 20.0 Å². The Morgan fingerprint density at radius 1 is 1.04 bits per heavy atom. The van der Waals surface area contributed by atoms with Crippen molar-refractivity contribution in [1.82, 2.24) is 4.57 Å². The van der Waals surface area contributed by atoms with Gasteiger partial charge in [-0.05, 0) is 37.3 Å². The highest BCUT2D eigenvalue weighted by molar-refractivity contribution is 7.90. The summed E-state index contributed by atoms with van der Waals surface area (Å²) in [6.45, 7) is 2.62. The third-order valence-corrected chi connectivity index (χ3v) is 7.67. The Morgan fingerprint density at radius 3 is 2.29 bits per heavy atom. The van der Waals surface area contributed by atoms with Crippen LogP contribution >= 0.6 is 11.3 Å². The number of sulfonamides is 1. The molecule has 1 heterocycles. The molecule has 3 rings (SSSR count). The van der Waals surface area contributed by atoms with Gasteiger partial charge < -0.3 is 9.30 Å². The number of benzene rings is 2. The molecule has 1 aromatic heterocycles. The van der Waals surface area contributed by atoms with Crippen LogP contribution in [-0.2, 0) is 31.1 Å². The zero-order valence-electron chi connectivity index (χ0n) is 15.6. The fraction of sp³-hybridized carbons (Fsp3) is 0.278. The van der Waals surface area contributed by atoms with Crippen molar-refractivity contribution in [3.05, 3.63) is 52.8 Å². The summed E-state index contributed by atoms with van der Waals surface area (Å²) >= 11 is 1.13. The lowest BCUT2D eigenvalue weighted by atomic mass is 10.2. The number of fused-ring (bicyclic) bond motifs is 1. The summed E-state index contributed by atoms with van der Waals surface area (Å²) in [5, 5.41) is 0. The molecule has 0 amide bonds. The van der Waals surface area contributed by atoms with E-state index in [-0.39, 0.29) is 14.6 Å². The predicted octanol–water partition coefficient (Wildman–Crippen LogP) is 2.35. The van der Waals surface area contributed by atoms with E-state index in [1.165, 1.54) is 24.3 Å². The van der Waals surface area contributed by atoms with Crippen molar-refractivity contribution >= 4 is 41.4 Å². The van der Waals surface area contributed by atoms with Crippen molar-refractivity contribution in [3.63, 3.8) is 0 Å². The Labute approximate surface area is 167 Å². The first kappa shape index (κ1) is 20.7. The maximum atomic E-state index is 12.7. The molecule has 0 saturated carbocycles. The zero-order chi connectivity index (χ0) is 20.5. The number of sulfone groups is 1. The Balaban J connectivity index is 2.23. The smallest absolute Gasteiger partial charge is 0.285 e. The fourth-order valence-electron chi connectivity index (χ4n) is 2.62. The van der Waals surface area contributed by atoms with Gasteiger partial charge in [-0.2, -0.15) is 8.42 Å². The molecular weight excluding hydrogens is 420 g/mol. The number of thiazole rings is 1. The molecule has 0 atom stereocenters. The molecule has 0 aliphatic rings. The first-order valence-electron chi connectivity index (χ1n) is 8.32. The van der Waals surface area contributed by atoms with Crippen molar-refractivity contribution in [2.45, 2.75) is 23.3 Å². The maximum Gasteiger partial charge on any atom is 0.285 e. The van der Waals surface area contributed by atoms with Crippen molar-refractivity contribution in [1.29, 1.82) is 0 Å². The lowest BCUT2D eigenvalue weighted by molar-refractivity contribution is 0.187. The van der Waals surface area contributed by atoms with Crippen LogP contribution in [0.5, 0.6) is 0 Å². The second-order valence-electron chi connectivity index (χ2n) is 6.31. The van der Waals surface area contributed by atoms with Crippen LogP contribution < -0.4 is 4.80 Å². The maximum absolute atomic E-state index is 12.7. The number of aromatic nitrogens is 1.